The third kappa shape index (κ3) is 6.43. The van der Waals surface area contributed by atoms with E-state index < -0.39 is 0 Å². The first-order chi connectivity index (χ1) is 7.85. The topological polar surface area (TPSA) is 0 Å². The van der Waals surface area contributed by atoms with Crippen molar-refractivity contribution in [2.75, 3.05) is 0 Å². The van der Waals surface area contributed by atoms with Crippen LogP contribution in [0.2, 0.25) is 0 Å². The van der Waals surface area contributed by atoms with Crippen LogP contribution in [0.25, 0.3) is 0 Å². The van der Waals surface area contributed by atoms with Gasteiger partial charge in [0.2, 0.25) is 0 Å². The first kappa shape index (κ1) is 19.7. The summed E-state index contributed by atoms with van der Waals surface area (Å²) in [5, 5.41) is 1.06. The molecule has 1 fully saturated rings. The minimum Gasteiger partial charge on any atom is -0.525 e. The SMILES string of the molecule is C=C/C([PH-])=C\C=C1/CCC(C)(C)CC1C(C)C.[Cs+]. The zero-order chi connectivity index (χ0) is 13.1. The van der Waals surface area contributed by atoms with Gasteiger partial charge in [-0.2, -0.15) is 0 Å². The Morgan fingerprint density at radius 3 is 2.56 bits per heavy atom. The predicted molar refractivity (Wildman–Crippen MR) is 80.6 cm³/mol. The van der Waals surface area contributed by atoms with Crippen LogP contribution in [-0.4, -0.2) is 0 Å². The second kappa shape index (κ2) is 8.87. The third-order valence-electron chi connectivity index (χ3n) is 3.84. The van der Waals surface area contributed by atoms with Gasteiger partial charge in [0.05, 0.1) is 0 Å². The quantitative estimate of drug-likeness (QED) is 0.520. The largest absolute Gasteiger partial charge is 1.00 e. The van der Waals surface area contributed by atoms with E-state index in [1.165, 1.54) is 19.3 Å². The van der Waals surface area contributed by atoms with Crippen molar-refractivity contribution < 1.29 is 68.9 Å². The van der Waals surface area contributed by atoms with E-state index in [-0.39, 0.29) is 68.9 Å². The van der Waals surface area contributed by atoms with Crippen molar-refractivity contribution >= 4 is 9.24 Å². The zero-order valence-electron chi connectivity index (χ0n) is 12.7. The Kier molecular flexibility index (Phi) is 9.71. The molecule has 0 aliphatic heterocycles. The summed E-state index contributed by atoms with van der Waals surface area (Å²) >= 11 is 0. The molecule has 1 unspecified atom stereocenters. The Hall–Kier alpha value is 1.70. The van der Waals surface area contributed by atoms with Crippen LogP contribution in [0.3, 0.4) is 0 Å². The standard InChI is InChI=1S/C16H26P.Cs/c1-6-14(17)8-7-13-9-10-16(4,5)11-15(13)12(2)3;/h6-8,12,15,17H,1,9-11H2,2-5H3;/q-1;+1/b13-7+,14-8+;. The normalized spacial score (nSPS) is 26.0. The molecule has 1 atom stereocenters. The molecule has 0 bridgehead atoms. The number of hydrogen-bond donors (Lipinski definition) is 0. The molecule has 1 rings (SSSR count). The summed E-state index contributed by atoms with van der Waals surface area (Å²) in [6, 6.07) is 0. The monoisotopic (exact) mass is 382 g/mol. The van der Waals surface area contributed by atoms with E-state index in [1.807, 2.05) is 6.08 Å². The molecule has 0 nitrogen and oxygen atoms in total. The van der Waals surface area contributed by atoms with Crippen LogP contribution in [-0.2, 0) is 0 Å². The summed E-state index contributed by atoms with van der Waals surface area (Å²) in [5.41, 5.74) is 2.11. The van der Waals surface area contributed by atoms with Crippen LogP contribution >= 0.6 is 9.24 Å². The molecule has 0 N–H and O–H groups in total. The van der Waals surface area contributed by atoms with E-state index >= 15 is 0 Å². The van der Waals surface area contributed by atoms with E-state index in [2.05, 4.69) is 55.7 Å². The maximum atomic E-state index is 3.76. The molecule has 0 aromatic carbocycles. The van der Waals surface area contributed by atoms with Crippen LogP contribution in [0.5, 0.6) is 0 Å². The fourth-order valence-corrected chi connectivity index (χ4v) is 2.72. The van der Waals surface area contributed by atoms with Gasteiger partial charge in [0.15, 0.2) is 0 Å². The minimum atomic E-state index is 0. The molecule has 0 saturated heterocycles. The van der Waals surface area contributed by atoms with Gasteiger partial charge in [-0.1, -0.05) is 51.5 Å². The molecule has 96 valence electrons. The van der Waals surface area contributed by atoms with Crippen molar-refractivity contribution in [1.82, 2.24) is 0 Å². The van der Waals surface area contributed by atoms with E-state index in [0.29, 0.717) is 5.41 Å². The van der Waals surface area contributed by atoms with Gasteiger partial charge in [-0.15, -0.1) is 6.58 Å². The van der Waals surface area contributed by atoms with Crippen molar-refractivity contribution in [3.63, 3.8) is 0 Å². The Morgan fingerprint density at radius 1 is 1.44 bits per heavy atom. The van der Waals surface area contributed by atoms with Crippen molar-refractivity contribution in [3.8, 4) is 0 Å². The maximum Gasteiger partial charge on any atom is 1.00 e. The molecule has 1 aliphatic carbocycles. The van der Waals surface area contributed by atoms with Gasteiger partial charge in [0, 0.05) is 0 Å². The summed E-state index contributed by atoms with van der Waals surface area (Å²) in [5.74, 6) is 1.47. The molecular weight excluding hydrogens is 356 g/mol. The predicted octanol–water partition coefficient (Wildman–Crippen LogP) is 2.61. The van der Waals surface area contributed by atoms with Crippen LogP contribution in [0.15, 0.2) is 35.7 Å². The van der Waals surface area contributed by atoms with Crippen molar-refractivity contribution in [2.45, 2.75) is 47.0 Å². The van der Waals surface area contributed by atoms with Gasteiger partial charge in [-0.05, 0) is 36.5 Å². The molecular formula is C16H26CsP. The summed E-state index contributed by atoms with van der Waals surface area (Å²) in [7, 11) is 3.53. The first-order valence-corrected chi connectivity index (χ1v) is 7.10. The maximum absolute atomic E-state index is 3.76. The molecule has 0 radical (unpaired) electrons. The molecule has 0 spiro atoms. The Bertz CT molecular complexity index is 337. The van der Waals surface area contributed by atoms with Gasteiger partial charge in [0.25, 0.3) is 0 Å². The third-order valence-corrected chi connectivity index (χ3v) is 4.21. The van der Waals surface area contributed by atoms with Gasteiger partial charge in [0.1, 0.15) is 0 Å². The Morgan fingerprint density at radius 2 is 2.06 bits per heavy atom. The summed E-state index contributed by atoms with van der Waals surface area (Å²) in [6.45, 7) is 13.2. The summed E-state index contributed by atoms with van der Waals surface area (Å²) < 4.78 is 0. The van der Waals surface area contributed by atoms with Crippen molar-refractivity contribution in [1.29, 1.82) is 0 Å². The second-order valence-electron chi connectivity index (χ2n) is 6.29. The van der Waals surface area contributed by atoms with Crippen molar-refractivity contribution in [2.24, 2.45) is 17.3 Å². The van der Waals surface area contributed by atoms with E-state index in [4.69, 9.17) is 0 Å². The average molecular weight is 382 g/mol. The van der Waals surface area contributed by atoms with E-state index in [1.54, 1.807) is 5.57 Å². The van der Waals surface area contributed by atoms with Crippen LogP contribution < -0.4 is 68.9 Å². The number of rotatable bonds is 3. The smallest absolute Gasteiger partial charge is 0.525 e. The Labute approximate surface area is 175 Å². The number of allylic oxidation sites excluding steroid dienone is 5. The molecule has 0 aromatic rings. The fourth-order valence-electron chi connectivity index (χ4n) is 2.63. The van der Waals surface area contributed by atoms with E-state index in [0.717, 1.165) is 17.2 Å². The Balaban J connectivity index is 0.00000289. The molecule has 1 saturated carbocycles. The van der Waals surface area contributed by atoms with Crippen molar-refractivity contribution in [3.05, 3.63) is 35.7 Å². The molecule has 18 heavy (non-hydrogen) atoms. The molecule has 2 heteroatoms. The number of hydrogen-bond acceptors (Lipinski definition) is 0. The molecule has 0 heterocycles. The van der Waals surface area contributed by atoms with Crippen LogP contribution in [0.4, 0.5) is 0 Å². The van der Waals surface area contributed by atoms with Gasteiger partial charge in [-0.3, -0.25) is 0 Å². The van der Waals surface area contributed by atoms with Crippen LogP contribution in [0.1, 0.15) is 47.0 Å². The van der Waals surface area contributed by atoms with Gasteiger partial charge in [-0.25, -0.2) is 5.31 Å². The van der Waals surface area contributed by atoms with Crippen LogP contribution in [0, 0.1) is 17.3 Å². The first-order valence-electron chi connectivity index (χ1n) is 6.60. The fraction of sp³-hybridized carbons (Fsp3) is 0.625. The molecule has 0 aromatic heterocycles. The average Bonchev–Trinajstić information content (AvgIpc) is 2.26. The van der Waals surface area contributed by atoms with Gasteiger partial charge < -0.3 is 9.24 Å². The zero-order valence-corrected chi connectivity index (χ0v) is 20.0. The second-order valence-corrected chi connectivity index (χ2v) is 6.86. The van der Waals surface area contributed by atoms with E-state index in [9.17, 15) is 0 Å². The minimum absolute atomic E-state index is 0. The van der Waals surface area contributed by atoms with Gasteiger partial charge >= 0.3 is 68.9 Å². The summed E-state index contributed by atoms with van der Waals surface area (Å²) in [6.07, 6.45) is 10.1. The molecule has 1 aliphatic rings. The molecule has 0 amide bonds. The summed E-state index contributed by atoms with van der Waals surface area (Å²) in [4.78, 5) is 0.